The molecule has 0 radical (unpaired) electrons. The van der Waals surface area contributed by atoms with Gasteiger partial charge in [0.1, 0.15) is 0 Å². The second-order valence-corrected chi connectivity index (χ2v) is 8.11. The number of hydrogen-bond donors (Lipinski definition) is 0. The van der Waals surface area contributed by atoms with Crippen LogP contribution in [0.15, 0.2) is 29.2 Å². The van der Waals surface area contributed by atoms with Crippen molar-refractivity contribution in [1.82, 2.24) is 9.21 Å². The van der Waals surface area contributed by atoms with Gasteiger partial charge in [-0.15, -0.1) is 0 Å². The molecular weight excluding hydrogens is 260 g/mol. The Balaban J connectivity index is 2.90. The van der Waals surface area contributed by atoms with Gasteiger partial charge in [0.2, 0.25) is 10.0 Å². The minimum absolute atomic E-state index is 0.0917. The van der Waals surface area contributed by atoms with E-state index in [-0.39, 0.29) is 5.54 Å². The summed E-state index contributed by atoms with van der Waals surface area (Å²) in [6, 6.07) is 7.08. The number of hydrogen-bond acceptors (Lipinski definition) is 3. The van der Waals surface area contributed by atoms with Gasteiger partial charge in [-0.1, -0.05) is 12.1 Å². The van der Waals surface area contributed by atoms with E-state index in [1.165, 1.54) is 18.4 Å². The third-order valence-electron chi connectivity index (χ3n) is 3.27. The lowest BCUT2D eigenvalue weighted by Crippen LogP contribution is -2.37. The molecule has 5 heteroatoms. The Hall–Kier alpha value is -0.910. The van der Waals surface area contributed by atoms with Crippen molar-refractivity contribution in [2.24, 2.45) is 0 Å². The average Bonchev–Trinajstić information content (AvgIpc) is 2.28. The molecule has 1 aromatic carbocycles. The summed E-state index contributed by atoms with van der Waals surface area (Å²) in [6.07, 6.45) is 0. The Morgan fingerprint density at radius 2 is 1.47 bits per heavy atom. The SMILES string of the molecule is CN(Cc1ccc(S(=O)(=O)N(C)C)cc1)C(C)(C)C. The van der Waals surface area contributed by atoms with Crippen molar-refractivity contribution >= 4 is 10.0 Å². The Morgan fingerprint density at radius 3 is 1.84 bits per heavy atom. The van der Waals surface area contributed by atoms with Gasteiger partial charge < -0.3 is 0 Å². The molecule has 0 fully saturated rings. The molecule has 19 heavy (non-hydrogen) atoms. The minimum Gasteiger partial charge on any atom is -0.297 e. The molecule has 0 saturated heterocycles. The summed E-state index contributed by atoms with van der Waals surface area (Å²) in [5, 5.41) is 0. The lowest BCUT2D eigenvalue weighted by molar-refractivity contribution is 0.167. The van der Waals surface area contributed by atoms with Crippen molar-refractivity contribution in [2.45, 2.75) is 37.8 Å². The van der Waals surface area contributed by atoms with Crippen LogP contribution >= 0.6 is 0 Å². The number of rotatable bonds is 4. The molecule has 1 aromatic rings. The van der Waals surface area contributed by atoms with Crippen LogP contribution in [-0.2, 0) is 16.6 Å². The van der Waals surface area contributed by atoms with Gasteiger partial charge in [-0.2, -0.15) is 0 Å². The molecule has 0 heterocycles. The largest absolute Gasteiger partial charge is 0.297 e. The molecule has 4 nitrogen and oxygen atoms in total. The summed E-state index contributed by atoms with van der Waals surface area (Å²) in [5.41, 5.74) is 1.20. The van der Waals surface area contributed by atoms with E-state index in [2.05, 4.69) is 32.7 Å². The molecule has 1 rings (SSSR count). The highest BCUT2D eigenvalue weighted by atomic mass is 32.2. The molecule has 0 atom stereocenters. The second-order valence-electron chi connectivity index (χ2n) is 5.96. The summed E-state index contributed by atoms with van der Waals surface area (Å²) in [5.74, 6) is 0. The summed E-state index contributed by atoms with van der Waals surface area (Å²) in [4.78, 5) is 2.56. The molecule has 108 valence electrons. The smallest absolute Gasteiger partial charge is 0.242 e. The van der Waals surface area contributed by atoms with Crippen molar-refractivity contribution in [3.63, 3.8) is 0 Å². The van der Waals surface area contributed by atoms with Crippen molar-refractivity contribution < 1.29 is 8.42 Å². The van der Waals surface area contributed by atoms with E-state index in [0.717, 1.165) is 12.1 Å². The summed E-state index contributed by atoms with van der Waals surface area (Å²) < 4.78 is 25.1. The first-order valence-corrected chi connectivity index (χ1v) is 7.72. The quantitative estimate of drug-likeness (QED) is 0.851. The maximum atomic E-state index is 11.9. The van der Waals surface area contributed by atoms with Crippen LogP contribution < -0.4 is 0 Å². The lowest BCUT2D eigenvalue weighted by atomic mass is 10.1. The third-order valence-corrected chi connectivity index (χ3v) is 5.10. The first-order valence-electron chi connectivity index (χ1n) is 6.28. The van der Waals surface area contributed by atoms with E-state index < -0.39 is 10.0 Å². The van der Waals surface area contributed by atoms with E-state index in [9.17, 15) is 8.42 Å². The van der Waals surface area contributed by atoms with Crippen LogP contribution in [0.3, 0.4) is 0 Å². The highest BCUT2D eigenvalue weighted by Gasteiger charge is 2.19. The molecule has 0 aromatic heterocycles. The van der Waals surface area contributed by atoms with Crippen LogP contribution in [0, 0.1) is 0 Å². The molecule has 0 bridgehead atoms. The molecule has 0 unspecified atom stereocenters. The molecule has 0 saturated carbocycles. The molecule has 0 spiro atoms. The zero-order valence-electron chi connectivity index (χ0n) is 12.6. The van der Waals surface area contributed by atoms with Crippen molar-refractivity contribution in [1.29, 1.82) is 0 Å². The second kappa shape index (κ2) is 5.61. The molecular formula is C14H24N2O2S. The van der Waals surface area contributed by atoms with Crippen molar-refractivity contribution in [3.8, 4) is 0 Å². The van der Waals surface area contributed by atoms with Gasteiger partial charge in [0.25, 0.3) is 0 Å². The topological polar surface area (TPSA) is 40.6 Å². The molecule has 0 amide bonds. The maximum Gasteiger partial charge on any atom is 0.242 e. The number of nitrogens with zero attached hydrogens (tertiary/aromatic N) is 2. The van der Waals surface area contributed by atoms with Crippen molar-refractivity contribution in [2.75, 3.05) is 21.1 Å². The molecule has 0 N–H and O–H groups in total. The van der Waals surface area contributed by atoms with E-state index in [0.29, 0.717) is 4.90 Å². The predicted molar refractivity (Wildman–Crippen MR) is 78.5 cm³/mol. The van der Waals surface area contributed by atoms with E-state index >= 15 is 0 Å². The van der Waals surface area contributed by atoms with Gasteiger partial charge in [0.05, 0.1) is 4.90 Å². The fourth-order valence-corrected chi connectivity index (χ4v) is 2.39. The number of sulfonamides is 1. The minimum atomic E-state index is -3.33. The van der Waals surface area contributed by atoms with Gasteiger partial charge in [-0.25, -0.2) is 12.7 Å². The number of benzene rings is 1. The fourth-order valence-electron chi connectivity index (χ4n) is 1.49. The monoisotopic (exact) mass is 284 g/mol. The molecule has 0 aliphatic rings. The van der Waals surface area contributed by atoms with E-state index in [1.54, 1.807) is 12.1 Å². The zero-order chi connectivity index (χ0) is 14.8. The first kappa shape index (κ1) is 16.1. The maximum absolute atomic E-state index is 11.9. The highest BCUT2D eigenvalue weighted by Crippen LogP contribution is 2.17. The Bertz CT molecular complexity index is 513. The van der Waals surface area contributed by atoms with Crippen LogP contribution in [0.1, 0.15) is 26.3 Å². The predicted octanol–water partition coefficient (Wildman–Crippen LogP) is 2.17. The van der Waals surface area contributed by atoms with Gasteiger partial charge in [-0.05, 0) is 45.5 Å². The highest BCUT2D eigenvalue weighted by molar-refractivity contribution is 7.89. The molecule has 0 aliphatic carbocycles. The Kier molecular flexibility index (Phi) is 4.76. The van der Waals surface area contributed by atoms with Crippen molar-refractivity contribution in [3.05, 3.63) is 29.8 Å². The lowest BCUT2D eigenvalue weighted by Gasteiger charge is -2.31. The van der Waals surface area contributed by atoms with Crippen LogP contribution in [0.5, 0.6) is 0 Å². The van der Waals surface area contributed by atoms with Gasteiger partial charge in [-0.3, -0.25) is 4.90 Å². The van der Waals surface area contributed by atoms with Gasteiger partial charge >= 0.3 is 0 Å². The Labute approximate surface area is 117 Å². The fraction of sp³-hybridized carbons (Fsp3) is 0.571. The average molecular weight is 284 g/mol. The van der Waals surface area contributed by atoms with E-state index in [4.69, 9.17) is 0 Å². The zero-order valence-corrected chi connectivity index (χ0v) is 13.5. The van der Waals surface area contributed by atoms with Crippen LogP contribution in [0.2, 0.25) is 0 Å². The van der Waals surface area contributed by atoms with Gasteiger partial charge in [0, 0.05) is 26.2 Å². The first-order chi connectivity index (χ1) is 8.55. The van der Waals surface area contributed by atoms with Crippen LogP contribution in [0.4, 0.5) is 0 Å². The third kappa shape index (κ3) is 4.03. The normalized spacial score (nSPS) is 13.3. The summed E-state index contributed by atoms with van der Waals surface area (Å²) >= 11 is 0. The summed E-state index contributed by atoms with van der Waals surface area (Å²) in [6.45, 7) is 7.25. The van der Waals surface area contributed by atoms with Crippen LogP contribution in [0.25, 0.3) is 0 Å². The van der Waals surface area contributed by atoms with Crippen LogP contribution in [-0.4, -0.2) is 44.3 Å². The van der Waals surface area contributed by atoms with E-state index in [1.807, 2.05) is 12.1 Å². The van der Waals surface area contributed by atoms with Gasteiger partial charge in [0.15, 0.2) is 0 Å². The molecule has 0 aliphatic heterocycles. The Morgan fingerprint density at radius 1 is 1.00 bits per heavy atom. The summed E-state index contributed by atoms with van der Waals surface area (Å²) in [7, 11) is 1.81. The standard InChI is InChI=1S/C14H24N2O2S/c1-14(2,3)16(6)11-12-7-9-13(10-8-12)19(17,18)15(4)5/h7-10H,11H2,1-6H3.